The first kappa shape index (κ1) is 11.0. The van der Waals surface area contributed by atoms with Crippen LogP contribution in [0.2, 0.25) is 0 Å². The lowest BCUT2D eigenvalue weighted by molar-refractivity contribution is 0.132. The van der Waals surface area contributed by atoms with Gasteiger partial charge in [0.1, 0.15) is 0 Å². The van der Waals surface area contributed by atoms with Crippen LogP contribution < -0.4 is 5.32 Å². The van der Waals surface area contributed by atoms with Crippen molar-refractivity contribution in [3.63, 3.8) is 0 Å². The Kier molecular flexibility index (Phi) is 5.35. The second-order valence-electron chi connectivity index (χ2n) is 3.96. The fraction of sp³-hybridized carbons (Fsp3) is 1.00. The summed E-state index contributed by atoms with van der Waals surface area (Å²) in [5.41, 5.74) is 0. The quantitative estimate of drug-likeness (QED) is 0.697. The van der Waals surface area contributed by atoms with Crippen LogP contribution in [0.15, 0.2) is 0 Å². The number of nitrogens with one attached hydrogen (secondary N) is 1. The normalized spacial score (nSPS) is 26.8. The third-order valence-electron chi connectivity index (χ3n) is 2.50. The Balaban J connectivity index is 2.23. The van der Waals surface area contributed by atoms with Gasteiger partial charge in [0, 0.05) is 20.2 Å². The van der Waals surface area contributed by atoms with Crippen molar-refractivity contribution in [3.8, 4) is 0 Å². The first-order valence-corrected chi connectivity index (χ1v) is 5.25. The van der Waals surface area contributed by atoms with E-state index in [4.69, 9.17) is 4.74 Å². The van der Waals surface area contributed by atoms with Gasteiger partial charge < -0.3 is 15.0 Å². The summed E-state index contributed by atoms with van der Waals surface area (Å²) in [6.45, 7) is 8.98. The highest BCUT2D eigenvalue weighted by Crippen LogP contribution is 2.02. The molecule has 1 atom stereocenters. The van der Waals surface area contributed by atoms with Gasteiger partial charge in [-0.15, -0.1) is 0 Å². The molecular formula is C10H22N2O. The van der Waals surface area contributed by atoms with Crippen LogP contribution in [0.25, 0.3) is 0 Å². The van der Waals surface area contributed by atoms with E-state index < -0.39 is 0 Å². The van der Waals surface area contributed by atoms with Gasteiger partial charge in [0.25, 0.3) is 0 Å². The highest BCUT2D eigenvalue weighted by atomic mass is 16.5. The van der Waals surface area contributed by atoms with Crippen molar-refractivity contribution >= 4 is 0 Å². The van der Waals surface area contributed by atoms with E-state index in [1.807, 2.05) is 0 Å². The molecule has 13 heavy (non-hydrogen) atoms. The maximum atomic E-state index is 5.09. The van der Waals surface area contributed by atoms with Crippen LogP contribution in [0.3, 0.4) is 0 Å². The fourth-order valence-corrected chi connectivity index (χ4v) is 1.80. The summed E-state index contributed by atoms with van der Waals surface area (Å²) >= 11 is 0. The lowest BCUT2D eigenvalue weighted by atomic mass is 10.1. The number of rotatable bonds is 3. The van der Waals surface area contributed by atoms with Crippen LogP contribution in [-0.2, 0) is 4.74 Å². The zero-order valence-electron chi connectivity index (χ0n) is 8.88. The van der Waals surface area contributed by atoms with Crippen LogP contribution in [0.4, 0.5) is 0 Å². The Labute approximate surface area is 81.4 Å². The molecule has 1 heterocycles. The SMILES string of the molecule is COCCN1CCCNCC(C)C1. The van der Waals surface area contributed by atoms with Gasteiger partial charge in [0.15, 0.2) is 0 Å². The van der Waals surface area contributed by atoms with Crippen LogP contribution in [0.1, 0.15) is 13.3 Å². The number of ether oxygens (including phenoxy) is 1. The van der Waals surface area contributed by atoms with Gasteiger partial charge in [-0.25, -0.2) is 0 Å². The van der Waals surface area contributed by atoms with E-state index in [-0.39, 0.29) is 0 Å². The smallest absolute Gasteiger partial charge is 0.0589 e. The Morgan fingerprint density at radius 1 is 1.54 bits per heavy atom. The minimum Gasteiger partial charge on any atom is -0.383 e. The first-order valence-electron chi connectivity index (χ1n) is 5.25. The summed E-state index contributed by atoms with van der Waals surface area (Å²) in [5, 5.41) is 3.46. The second-order valence-corrected chi connectivity index (χ2v) is 3.96. The summed E-state index contributed by atoms with van der Waals surface area (Å²) in [4.78, 5) is 2.51. The molecule has 1 unspecified atom stereocenters. The van der Waals surface area contributed by atoms with Gasteiger partial charge >= 0.3 is 0 Å². The van der Waals surface area contributed by atoms with Crippen molar-refractivity contribution in [1.29, 1.82) is 0 Å². The molecule has 0 aromatic heterocycles. The molecule has 0 saturated carbocycles. The van der Waals surface area contributed by atoms with E-state index in [9.17, 15) is 0 Å². The minimum absolute atomic E-state index is 0.761. The van der Waals surface area contributed by atoms with Crippen LogP contribution in [-0.4, -0.2) is 51.3 Å². The summed E-state index contributed by atoms with van der Waals surface area (Å²) < 4.78 is 5.09. The topological polar surface area (TPSA) is 24.5 Å². The number of methoxy groups -OCH3 is 1. The molecule has 1 saturated heterocycles. The van der Waals surface area contributed by atoms with Gasteiger partial charge in [-0.05, 0) is 32.0 Å². The van der Waals surface area contributed by atoms with Crippen molar-refractivity contribution < 1.29 is 4.74 Å². The van der Waals surface area contributed by atoms with Gasteiger partial charge in [-0.3, -0.25) is 0 Å². The Hall–Kier alpha value is -0.120. The zero-order valence-corrected chi connectivity index (χ0v) is 8.88. The van der Waals surface area contributed by atoms with Crippen molar-refractivity contribution in [2.24, 2.45) is 5.92 Å². The molecule has 1 aliphatic heterocycles. The third kappa shape index (κ3) is 4.60. The molecule has 0 aromatic rings. The molecule has 0 radical (unpaired) electrons. The standard InChI is InChI=1S/C10H22N2O/c1-10-8-11-4-3-5-12(9-10)6-7-13-2/h10-11H,3-9H2,1-2H3. The summed E-state index contributed by atoms with van der Waals surface area (Å²) in [6.07, 6.45) is 1.26. The van der Waals surface area contributed by atoms with E-state index in [0.717, 1.165) is 32.2 Å². The van der Waals surface area contributed by atoms with Gasteiger partial charge in [0.2, 0.25) is 0 Å². The molecule has 1 rings (SSSR count). The Morgan fingerprint density at radius 3 is 3.15 bits per heavy atom. The van der Waals surface area contributed by atoms with Crippen LogP contribution >= 0.6 is 0 Å². The van der Waals surface area contributed by atoms with Gasteiger partial charge in [-0.2, -0.15) is 0 Å². The van der Waals surface area contributed by atoms with E-state index >= 15 is 0 Å². The number of nitrogens with zero attached hydrogens (tertiary/aromatic N) is 1. The average molecular weight is 186 g/mol. The van der Waals surface area contributed by atoms with Crippen LogP contribution in [0.5, 0.6) is 0 Å². The summed E-state index contributed by atoms with van der Waals surface area (Å²) in [5.74, 6) is 0.761. The monoisotopic (exact) mass is 186 g/mol. The zero-order chi connectivity index (χ0) is 9.52. The van der Waals surface area contributed by atoms with E-state index in [0.29, 0.717) is 0 Å². The largest absolute Gasteiger partial charge is 0.383 e. The molecule has 0 bridgehead atoms. The van der Waals surface area contributed by atoms with Gasteiger partial charge in [-0.1, -0.05) is 6.92 Å². The van der Waals surface area contributed by atoms with E-state index in [2.05, 4.69) is 17.1 Å². The second kappa shape index (κ2) is 6.35. The summed E-state index contributed by atoms with van der Waals surface area (Å²) in [7, 11) is 1.77. The molecule has 3 nitrogen and oxygen atoms in total. The Bertz CT molecular complexity index is 128. The molecular weight excluding hydrogens is 164 g/mol. The molecule has 0 amide bonds. The van der Waals surface area contributed by atoms with Crippen molar-refractivity contribution in [1.82, 2.24) is 10.2 Å². The lowest BCUT2D eigenvalue weighted by Gasteiger charge is -2.28. The van der Waals surface area contributed by atoms with Crippen molar-refractivity contribution in [2.45, 2.75) is 13.3 Å². The van der Waals surface area contributed by atoms with E-state index in [1.54, 1.807) is 7.11 Å². The number of hydrogen-bond acceptors (Lipinski definition) is 3. The minimum atomic E-state index is 0.761. The maximum Gasteiger partial charge on any atom is 0.0589 e. The van der Waals surface area contributed by atoms with Crippen molar-refractivity contribution in [3.05, 3.63) is 0 Å². The third-order valence-corrected chi connectivity index (χ3v) is 2.50. The highest BCUT2D eigenvalue weighted by Gasteiger charge is 2.12. The fourth-order valence-electron chi connectivity index (χ4n) is 1.80. The molecule has 3 heteroatoms. The predicted octanol–water partition coefficient (Wildman–Crippen LogP) is 0.564. The van der Waals surface area contributed by atoms with Gasteiger partial charge in [0.05, 0.1) is 6.61 Å². The Morgan fingerprint density at radius 2 is 2.38 bits per heavy atom. The molecule has 0 spiro atoms. The average Bonchev–Trinajstić information content (AvgIpc) is 2.09. The number of hydrogen-bond donors (Lipinski definition) is 1. The van der Waals surface area contributed by atoms with E-state index in [1.165, 1.54) is 19.5 Å². The lowest BCUT2D eigenvalue weighted by Crippen LogP contribution is -2.40. The summed E-state index contributed by atoms with van der Waals surface area (Å²) in [6, 6.07) is 0. The molecule has 1 N–H and O–H groups in total. The van der Waals surface area contributed by atoms with Crippen molar-refractivity contribution in [2.75, 3.05) is 46.4 Å². The first-order chi connectivity index (χ1) is 6.33. The predicted molar refractivity (Wildman–Crippen MR) is 55.0 cm³/mol. The maximum absolute atomic E-state index is 5.09. The molecule has 0 aliphatic carbocycles. The molecule has 0 aromatic carbocycles. The molecule has 1 fully saturated rings. The molecule has 78 valence electrons. The van der Waals surface area contributed by atoms with Crippen LogP contribution in [0, 0.1) is 5.92 Å². The molecule has 1 aliphatic rings. The highest BCUT2D eigenvalue weighted by molar-refractivity contribution is 4.68.